The number of nitrogens with one attached hydrogen (secondary N) is 1. The Morgan fingerprint density at radius 2 is 2.40 bits per heavy atom. The Labute approximate surface area is 67.2 Å². The zero-order chi connectivity index (χ0) is 6.69. The average molecular weight is 168 g/mol. The topological polar surface area (TPSA) is 41.5 Å². The molecule has 0 aromatic rings. The lowest BCUT2D eigenvalue weighted by Gasteiger charge is -2.26. The van der Waals surface area contributed by atoms with Crippen LogP contribution in [0.3, 0.4) is 0 Å². The van der Waals surface area contributed by atoms with Crippen molar-refractivity contribution in [3.05, 3.63) is 0 Å². The van der Waals surface area contributed by atoms with E-state index in [0.717, 1.165) is 6.54 Å². The van der Waals surface area contributed by atoms with Gasteiger partial charge in [-0.25, -0.2) is 0 Å². The van der Waals surface area contributed by atoms with E-state index in [1.54, 1.807) is 0 Å². The average Bonchev–Trinajstić information content (AvgIpc) is 1.90. The SMILES string of the molecule is C[C@H]1COC(CO)CN1.Cl. The monoisotopic (exact) mass is 167 g/mol. The van der Waals surface area contributed by atoms with Crippen molar-refractivity contribution in [1.29, 1.82) is 0 Å². The van der Waals surface area contributed by atoms with E-state index in [0.29, 0.717) is 12.6 Å². The molecular formula is C6H14ClNO2. The Morgan fingerprint density at radius 1 is 1.70 bits per heavy atom. The molecule has 0 saturated carbocycles. The number of halogens is 1. The van der Waals surface area contributed by atoms with Crippen molar-refractivity contribution >= 4 is 12.4 Å². The van der Waals surface area contributed by atoms with Crippen LogP contribution in [0, 0.1) is 0 Å². The Hall–Kier alpha value is 0.170. The Bertz CT molecular complexity index is 83.8. The molecule has 4 heteroatoms. The molecule has 1 rings (SSSR count). The number of hydrogen-bond donors (Lipinski definition) is 2. The first-order valence-electron chi connectivity index (χ1n) is 3.28. The van der Waals surface area contributed by atoms with Crippen molar-refractivity contribution in [2.45, 2.75) is 19.1 Å². The molecule has 0 amide bonds. The van der Waals surface area contributed by atoms with Crippen molar-refractivity contribution in [2.24, 2.45) is 0 Å². The molecule has 2 atom stereocenters. The lowest BCUT2D eigenvalue weighted by Crippen LogP contribution is -2.46. The largest absolute Gasteiger partial charge is 0.394 e. The lowest BCUT2D eigenvalue weighted by atomic mass is 10.2. The molecule has 1 heterocycles. The van der Waals surface area contributed by atoms with Gasteiger partial charge >= 0.3 is 0 Å². The standard InChI is InChI=1S/C6H13NO2.ClH/c1-5-4-9-6(3-8)2-7-5;/h5-8H,2-4H2,1H3;1H/t5-,6?;/m0./s1. The van der Waals surface area contributed by atoms with Crippen molar-refractivity contribution in [1.82, 2.24) is 5.32 Å². The number of aliphatic hydroxyl groups is 1. The maximum Gasteiger partial charge on any atom is 0.0930 e. The summed E-state index contributed by atoms with van der Waals surface area (Å²) < 4.78 is 5.23. The third-order valence-electron chi connectivity index (χ3n) is 1.48. The van der Waals surface area contributed by atoms with E-state index >= 15 is 0 Å². The highest BCUT2D eigenvalue weighted by molar-refractivity contribution is 5.85. The van der Waals surface area contributed by atoms with Crippen LogP contribution in [0.2, 0.25) is 0 Å². The summed E-state index contributed by atoms with van der Waals surface area (Å²) in [7, 11) is 0. The summed E-state index contributed by atoms with van der Waals surface area (Å²) in [5.74, 6) is 0. The minimum Gasteiger partial charge on any atom is -0.394 e. The lowest BCUT2D eigenvalue weighted by molar-refractivity contribution is -0.0222. The first-order chi connectivity index (χ1) is 4.33. The van der Waals surface area contributed by atoms with Gasteiger partial charge in [0, 0.05) is 12.6 Å². The zero-order valence-corrected chi connectivity index (χ0v) is 6.86. The predicted molar refractivity (Wildman–Crippen MR) is 41.5 cm³/mol. The van der Waals surface area contributed by atoms with Crippen LogP contribution in [0.5, 0.6) is 0 Å². The molecule has 1 unspecified atom stereocenters. The molecule has 10 heavy (non-hydrogen) atoms. The van der Waals surface area contributed by atoms with Crippen molar-refractivity contribution < 1.29 is 9.84 Å². The number of morpholine rings is 1. The number of aliphatic hydroxyl groups excluding tert-OH is 1. The molecule has 0 aromatic heterocycles. The molecule has 1 aliphatic rings. The quantitative estimate of drug-likeness (QED) is 0.568. The van der Waals surface area contributed by atoms with E-state index in [1.165, 1.54) is 0 Å². The molecule has 62 valence electrons. The molecule has 1 fully saturated rings. The van der Waals surface area contributed by atoms with Crippen LogP contribution >= 0.6 is 12.4 Å². The second-order valence-corrected chi connectivity index (χ2v) is 2.45. The molecule has 0 spiro atoms. The molecular weight excluding hydrogens is 154 g/mol. The van der Waals surface area contributed by atoms with Gasteiger partial charge in [0.1, 0.15) is 0 Å². The van der Waals surface area contributed by atoms with E-state index in [4.69, 9.17) is 9.84 Å². The van der Waals surface area contributed by atoms with Crippen LogP contribution in [0.25, 0.3) is 0 Å². The van der Waals surface area contributed by atoms with Gasteiger partial charge in [0.25, 0.3) is 0 Å². The van der Waals surface area contributed by atoms with Gasteiger partial charge in [-0.15, -0.1) is 12.4 Å². The maximum absolute atomic E-state index is 8.61. The van der Waals surface area contributed by atoms with Crippen LogP contribution in [0.15, 0.2) is 0 Å². The fourth-order valence-electron chi connectivity index (χ4n) is 0.848. The van der Waals surface area contributed by atoms with E-state index in [9.17, 15) is 0 Å². The van der Waals surface area contributed by atoms with E-state index < -0.39 is 0 Å². The normalized spacial score (nSPS) is 33.0. The number of ether oxygens (including phenoxy) is 1. The Balaban J connectivity index is 0.000000810. The molecule has 2 N–H and O–H groups in total. The van der Waals surface area contributed by atoms with Crippen LogP contribution in [-0.2, 0) is 4.74 Å². The van der Waals surface area contributed by atoms with Gasteiger partial charge in [-0.2, -0.15) is 0 Å². The highest BCUT2D eigenvalue weighted by Crippen LogP contribution is 1.98. The molecule has 1 aliphatic heterocycles. The van der Waals surface area contributed by atoms with Crippen LogP contribution in [-0.4, -0.2) is 37.0 Å². The van der Waals surface area contributed by atoms with Crippen molar-refractivity contribution in [2.75, 3.05) is 19.8 Å². The fourth-order valence-corrected chi connectivity index (χ4v) is 0.848. The molecule has 0 aromatic carbocycles. The maximum atomic E-state index is 8.61. The molecule has 3 nitrogen and oxygen atoms in total. The number of hydrogen-bond acceptors (Lipinski definition) is 3. The third-order valence-corrected chi connectivity index (χ3v) is 1.48. The molecule has 0 bridgehead atoms. The summed E-state index contributed by atoms with van der Waals surface area (Å²) in [6.45, 7) is 3.68. The first-order valence-corrected chi connectivity index (χ1v) is 3.28. The van der Waals surface area contributed by atoms with Crippen molar-refractivity contribution in [3.63, 3.8) is 0 Å². The fraction of sp³-hybridized carbons (Fsp3) is 1.00. The second-order valence-electron chi connectivity index (χ2n) is 2.45. The second kappa shape index (κ2) is 4.91. The van der Waals surface area contributed by atoms with Gasteiger partial charge in [0.15, 0.2) is 0 Å². The predicted octanol–water partition coefficient (Wildman–Crippen LogP) is -0.223. The highest BCUT2D eigenvalue weighted by atomic mass is 35.5. The van der Waals surface area contributed by atoms with Gasteiger partial charge in [0.05, 0.1) is 19.3 Å². The van der Waals surface area contributed by atoms with Crippen LogP contribution in [0.1, 0.15) is 6.92 Å². The summed E-state index contributed by atoms with van der Waals surface area (Å²) in [6, 6.07) is 0.438. The van der Waals surface area contributed by atoms with Crippen molar-refractivity contribution in [3.8, 4) is 0 Å². The minimum atomic E-state index is 0. The number of rotatable bonds is 1. The molecule has 0 radical (unpaired) electrons. The van der Waals surface area contributed by atoms with Gasteiger partial charge in [0.2, 0.25) is 0 Å². The Kier molecular flexibility index (Phi) is 4.99. The summed E-state index contributed by atoms with van der Waals surface area (Å²) in [4.78, 5) is 0. The summed E-state index contributed by atoms with van der Waals surface area (Å²) in [5, 5.41) is 11.8. The van der Waals surface area contributed by atoms with Gasteiger partial charge in [-0.3, -0.25) is 0 Å². The van der Waals surface area contributed by atoms with Gasteiger partial charge in [-0.1, -0.05) is 0 Å². The third kappa shape index (κ3) is 2.84. The van der Waals surface area contributed by atoms with Gasteiger partial charge in [-0.05, 0) is 6.92 Å². The van der Waals surface area contributed by atoms with E-state index in [1.807, 2.05) is 0 Å². The minimum absolute atomic E-state index is 0. The first kappa shape index (κ1) is 10.2. The van der Waals surface area contributed by atoms with E-state index in [-0.39, 0.29) is 25.1 Å². The molecule has 1 saturated heterocycles. The smallest absolute Gasteiger partial charge is 0.0930 e. The Morgan fingerprint density at radius 3 is 2.80 bits per heavy atom. The van der Waals surface area contributed by atoms with Crippen LogP contribution < -0.4 is 5.32 Å². The van der Waals surface area contributed by atoms with Crippen LogP contribution in [0.4, 0.5) is 0 Å². The molecule has 0 aliphatic carbocycles. The van der Waals surface area contributed by atoms with Gasteiger partial charge < -0.3 is 15.2 Å². The highest BCUT2D eigenvalue weighted by Gasteiger charge is 2.15. The summed E-state index contributed by atoms with van der Waals surface area (Å²) in [5.41, 5.74) is 0. The van der Waals surface area contributed by atoms with E-state index in [2.05, 4.69) is 12.2 Å². The zero-order valence-electron chi connectivity index (χ0n) is 6.04. The summed E-state index contributed by atoms with van der Waals surface area (Å²) >= 11 is 0. The summed E-state index contributed by atoms with van der Waals surface area (Å²) in [6.07, 6.45) is 0.0150.